The number of nitrogens with zero attached hydrogens (tertiary/aromatic N) is 3. The van der Waals surface area contributed by atoms with E-state index >= 15 is 0 Å². The van der Waals surface area contributed by atoms with Crippen molar-refractivity contribution < 1.29 is 4.79 Å². The Labute approximate surface area is 175 Å². The summed E-state index contributed by atoms with van der Waals surface area (Å²) in [6.45, 7) is 3.19. The lowest BCUT2D eigenvalue weighted by molar-refractivity contribution is -0.115. The zero-order valence-corrected chi connectivity index (χ0v) is 17.0. The van der Waals surface area contributed by atoms with E-state index in [0.717, 1.165) is 41.5 Å². The number of aromatic nitrogens is 4. The first kappa shape index (κ1) is 18.6. The maximum absolute atomic E-state index is 12.5. The van der Waals surface area contributed by atoms with Crippen LogP contribution in [0.1, 0.15) is 48.6 Å². The summed E-state index contributed by atoms with van der Waals surface area (Å²) in [5.41, 5.74) is 4.42. The second-order valence-electron chi connectivity index (χ2n) is 8.05. The van der Waals surface area contributed by atoms with Crippen LogP contribution in [0.5, 0.6) is 0 Å². The monoisotopic (exact) mass is 399 g/mol. The predicted octanol–water partition coefficient (Wildman–Crippen LogP) is 4.62. The molecule has 6 nitrogen and oxygen atoms in total. The van der Waals surface area contributed by atoms with Gasteiger partial charge in [-0.15, -0.1) is 0 Å². The molecule has 1 aliphatic carbocycles. The van der Waals surface area contributed by atoms with Gasteiger partial charge in [0.15, 0.2) is 5.82 Å². The normalized spacial score (nSPS) is 18.3. The minimum atomic E-state index is -0.0662. The molecule has 0 radical (unpaired) electrons. The molecular weight excluding hydrogens is 374 g/mol. The smallest absolute Gasteiger partial charge is 0.229 e. The Kier molecular flexibility index (Phi) is 4.83. The van der Waals surface area contributed by atoms with Crippen molar-refractivity contribution in [3.8, 4) is 0 Å². The SMILES string of the molecule is CCn1cccc1C1CC(c2cc(NC(=O)Cc3ccc4ncccc4c3)n[nH]2)C1. The van der Waals surface area contributed by atoms with E-state index in [4.69, 9.17) is 0 Å². The Morgan fingerprint density at radius 2 is 2.07 bits per heavy atom. The Morgan fingerprint density at radius 3 is 2.93 bits per heavy atom. The number of anilines is 1. The molecule has 5 rings (SSSR count). The van der Waals surface area contributed by atoms with E-state index < -0.39 is 0 Å². The Balaban J connectivity index is 1.18. The zero-order valence-electron chi connectivity index (χ0n) is 17.0. The number of carbonyl (C=O) groups is 1. The van der Waals surface area contributed by atoms with Gasteiger partial charge in [-0.25, -0.2) is 0 Å². The van der Waals surface area contributed by atoms with Crippen molar-refractivity contribution in [1.29, 1.82) is 0 Å². The highest BCUT2D eigenvalue weighted by Crippen LogP contribution is 2.47. The van der Waals surface area contributed by atoms with Crippen LogP contribution >= 0.6 is 0 Å². The highest BCUT2D eigenvalue weighted by Gasteiger charge is 2.34. The lowest BCUT2D eigenvalue weighted by Gasteiger charge is -2.35. The standard InChI is InChI=1S/C24H25N5O/c1-2-29-10-4-6-22(29)19-13-18(14-19)21-15-23(28-27-21)26-24(30)12-16-7-8-20-17(11-16)5-3-9-25-20/h3-11,15,18-19H,2,12-14H2,1H3,(H2,26,27,28,30). The lowest BCUT2D eigenvalue weighted by atomic mass is 9.71. The fourth-order valence-electron chi connectivity index (χ4n) is 4.42. The third kappa shape index (κ3) is 3.61. The Morgan fingerprint density at radius 1 is 1.17 bits per heavy atom. The Bertz CT molecular complexity index is 1190. The van der Waals surface area contributed by atoms with E-state index in [2.05, 4.69) is 50.3 Å². The van der Waals surface area contributed by atoms with Gasteiger partial charge in [-0.05, 0) is 55.7 Å². The number of fused-ring (bicyclic) bond motifs is 1. The first-order valence-corrected chi connectivity index (χ1v) is 10.5. The third-order valence-corrected chi connectivity index (χ3v) is 6.10. The van der Waals surface area contributed by atoms with Crippen LogP contribution in [-0.2, 0) is 17.8 Å². The molecule has 0 aliphatic heterocycles. The molecule has 1 fully saturated rings. The molecule has 1 aliphatic rings. The summed E-state index contributed by atoms with van der Waals surface area (Å²) in [6.07, 6.45) is 6.47. The molecule has 4 aromatic rings. The number of H-pyrrole nitrogens is 1. The van der Waals surface area contributed by atoms with Crippen molar-refractivity contribution in [1.82, 2.24) is 19.7 Å². The lowest BCUT2D eigenvalue weighted by Crippen LogP contribution is -2.22. The Hall–Kier alpha value is -3.41. The number of pyridine rings is 1. The van der Waals surface area contributed by atoms with Gasteiger partial charge in [-0.1, -0.05) is 12.1 Å². The zero-order chi connectivity index (χ0) is 20.5. The minimum Gasteiger partial charge on any atom is -0.351 e. The number of aryl methyl sites for hydroxylation is 1. The van der Waals surface area contributed by atoms with Gasteiger partial charge in [0.25, 0.3) is 0 Å². The molecule has 0 atom stereocenters. The van der Waals surface area contributed by atoms with Crippen LogP contribution in [0.2, 0.25) is 0 Å². The molecule has 30 heavy (non-hydrogen) atoms. The van der Waals surface area contributed by atoms with E-state index in [1.807, 2.05) is 36.4 Å². The summed E-state index contributed by atoms with van der Waals surface area (Å²) in [5.74, 6) is 1.61. The summed E-state index contributed by atoms with van der Waals surface area (Å²) in [5, 5.41) is 11.4. The van der Waals surface area contributed by atoms with Gasteiger partial charge in [-0.3, -0.25) is 14.9 Å². The molecule has 152 valence electrons. The highest BCUT2D eigenvalue weighted by atomic mass is 16.1. The van der Waals surface area contributed by atoms with Crippen molar-refractivity contribution in [3.05, 3.63) is 77.9 Å². The van der Waals surface area contributed by atoms with Gasteiger partial charge < -0.3 is 9.88 Å². The van der Waals surface area contributed by atoms with E-state index in [9.17, 15) is 4.79 Å². The van der Waals surface area contributed by atoms with Gasteiger partial charge in [0.05, 0.1) is 11.9 Å². The molecule has 0 spiro atoms. The van der Waals surface area contributed by atoms with E-state index in [1.54, 1.807) is 6.20 Å². The van der Waals surface area contributed by atoms with Crippen molar-refractivity contribution in [2.24, 2.45) is 0 Å². The minimum absolute atomic E-state index is 0.0662. The second kappa shape index (κ2) is 7.78. The van der Waals surface area contributed by atoms with Crippen LogP contribution in [0.4, 0.5) is 5.82 Å². The molecule has 1 amide bonds. The molecule has 0 bridgehead atoms. The fourth-order valence-corrected chi connectivity index (χ4v) is 4.42. The molecule has 2 N–H and O–H groups in total. The van der Waals surface area contributed by atoms with Crippen LogP contribution in [-0.4, -0.2) is 25.7 Å². The average molecular weight is 399 g/mol. The van der Waals surface area contributed by atoms with Gasteiger partial charge in [0, 0.05) is 53.6 Å². The summed E-state index contributed by atoms with van der Waals surface area (Å²) in [7, 11) is 0. The quantitative estimate of drug-likeness (QED) is 0.497. The molecule has 3 heterocycles. The number of rotatable bonds is 6. The second-order valence-corrected chi connectivity index (χ2v) is 8.05. The first-order valence-electron chi connectivity index (χ1n) is 10.5. The van der Waals surface area contributed by atoms with E-state index in [-0.39, 0.29) is 5.91 Å². The predicted molar refractivity (Wildman–Crippen MR) is 117 cm³/mol. The molecule has 6 heteroatoms. The van der Waals surface area contributed by atoms with Gasteiger partial charge in [0.1, 0.15) is 0 Å². The van der Waals surface area contributed by atoms with Crippen molar-refractivity contribution in [3.63, 3.8) is 0 Å². The summed E-state index contributed by atoms with van der Waals surface area (Å²) in [6, 6.07) is 16.2. The van der Waals surface area contributed by atoms with Crippen molar-refractivity contribution in [2.75, 3.05) is 5.32 Å². The fraction of sp³-hybridized carbons (Fsp3) is 0.292. The van der Waals surface area contributed by atoms with Gasteiger partial charge >= 0.3 is 0 Å². The molecule has 1 aromatic carbocycles. The van der Waals surface area contributed by atoms with Crippen LogP contribution in [0.3, 0.4) is 0 Å². The summed E-state index contributed by atoms with van der Waals surface area (Å²) in [4.78, 5) is 16.8. The van der Waals surface area contributed by atoms with Crippen molar-refractivity contribution in [2.45, 2.75) is 44.6 Å². The van der Waals surface area contributed by atoms with E-state index in [0.29, 0.717) is 24.1 Å². The van der Waals surface area contributed by atoms with Crippen molar-refractivity contribution >= 4 is 22.6 Å². The maximum atomic E-state index is 12.5. The molecule has 0 saturated heterocycles. The largest absolute Gasteiger partial charge is 0.351 e. The maximum Gasteiger partial charge on any atom is 0.229 e. The van der Waals surface area contributed by atoms with Crippen LogP contribution < -0.4 is 5.32 Å². The molecule has 0 unspecified atom stereocenters. The summed E-state index contributed by atoms with van der Waals surface area (Å²) < 4.78 is 2.32. The van der Waals surface area contributed by atoms with Gasteiger partial charge in [-0.2, -0.15) is 5.10 Å². The van der Waals surface area contributed by atoms with Gasteiger partial charge in [0.2, 0.25) is 5.91 Å². The number of aromatic amines is 1. The number of amides is 1. The average Bonchev–Trinajstić information content (AvgIpc) is 3.36. The van der Waals surface area contributed by atoms with Crippen LogP contribution in [0.15, 0.2) is 60.9 Å². The number of hydrogen-bond donors (Lipinski definition) is 2. The number of carbonyl (C=O) groups excluding carboxylic acids is 1. The topological polar surface area (TPSA) is 75.6 Å². The summed E-state index contributed by atoms with van der Waals surface area (Å²) >= 11 is 0. The number of nitrogens with one attached hydrogen (secondary N) is 2. The first-order chi connectivity index (χ1) is 14.7. The molecule has 1 saturated carbocycles. The number of benzene rings is 1. The van der Waals surface area contributed by atoms with Crippen LogP contribution in [0.25, 0.3) is 10.9 Å². The number of hydrogen-bond acceptors (Lipinski definition) is 3. The highest BCUT2D eigenvalue weighted by molar-refractivity contribution is 5.92. The molecule has 3 aromatic heterocycles. The van der Waals surface area contributed by atoms with E-state index in [1.165, 1.54) is 5.69 Å². The molecular formula is C24H25N5O. The third-order valence-electron chi connectivity index (χ3n) is 6.10. The van der Waals surface area contributed by atoms with Crippen LogP contribution in [0, 0.1) is 0 Å².